The van der Waals surface area contributed by atoms with E-state index in [1.165, 1.54) is 5.56 Å². The van der Waals surface area contributed by atoms with Gasteiger partial charge in [0, 0.05) is 6.54 Å². The summed E-state index contributed by atoms with van der Waals surface area (Å²) in [6.45, 7) is 6.92. The first-order valence-electron chi connectivity index (χ1n) is 8.24. The van der Waals surface area contributed by atoms with Crippen LogP contribution in [0.25, 0.3) is 0 Å². The molecule has 0 saturated carbocycles. The summed E-state index contributed by atoms with van der Waals surface area (Å²) in [4.78, 5) is 12.2. The monoisotopic (exact) mass is 304 g/mol. The summed E-state index contributed by atoms with van der Waals surface area (Å²) < 4.78 is 5.63. The Balaban J connectivity index is 1.88. The third kappa shape index (κ3) is 4.55. The quantitative estimate of drug-likeness (QED) is 0.849. The molecule has 1 aliphatic rings. The molecule has 1 fully saturated rings. The highest BCUT2D eigenvalue weighted by Crippen LogP contribution is 2.21. The fourth-order valence-corrected chi connectivity index (χ4v) is 2.88. The molecule has 1 aliphatic heterocycles. The number of carbonyl (C=O) groups is 1. The lowest BCUT2D eigenvalue weighted by molar-refractivity contribution is -0.132. The fourth-order valence-electron chi connectivity index (χ4n) is 2.88. The first-order valence-corrected chi connectivity index (χ1v) is 8.24. The van der Waals surface area contributed by atoms with E-state index in [-0.39, 0.29) is 24.2 Å². The van der Waals surface area contributed by atoms with E-state index in [2.05, 4.69) is 43.4 Å². The maximum absolute atomic E-state index is 12.2. The van der Waals surface area contributed by atoms with Crippen molar-refractivity contribution in [3.63, 3.8) is 0 Å². The zero-order chi connectivity index (χ0) is 16.1. The molecule has 1 saturated heterocycles. The average Bonchev–Trinajstić information content (AvgIpc) is 2.96. The minimum absolute atomic E-state index is 0.0128. The summed E-state index contributed by atoms with van der Waals surface area (Å²) in [5.41, 5.74) is 8.04. The maximum atomic E-state index is 12.2. The Morgan fingerprint density at radius 3 is 2.50 bits per heavy atom. The van der Waals surface area contributed by atoms with Crippen LogP contribution in [0.15, 0.2) is 24.3 Å². The highest BCUT2D eigenvalue weighted by molar-refractivity contribution is 5.81. The number of ether oxygens (including phenoxy) is 1. The van der Waals surface area contributed by atoms with Crippen LogP contribution in [0.2, 0.25) is 0 Å². The topological polar surface area (TPSA) is 64.4 Å². The Morgan fingerprint density at radius 1 is 1.27 bits per heavy atom. The van der Waals surface area contributed by atoms with Crippen LogP contribution in [0.5, 0.6) is 0 Å². The maximum Gasteiger partial charge on any atom is 0.249 e. The number of amides is 1. The van der Waals surface area contributed by atoms with Crippen LogP contribution < -0.4 is 11.1 Å². The first kappa shape index (κ1) is 17.0. The molecule has 1 unspecified atom stereocenters. The molecule has 4 nitrogen and oxygen atoms in total. The summed E-state index contributed by atoms with van der Waals surface area (Å²) in [5.74, 6) is 0.618. The molecule has 1 amide bonds. The number of hydrogen-bond donors (Lipinski definition) is 2. The fraction of sp³-hybridized carbons (Fsp3) is 0.611. The van der Waals surface area contributed by atoms with Gasteiger partial charge in [0.25, 0.3) is 0 Å². The van der Waals surface area contributed by atoms with E-state index >= 15 is 0 Å². The summed E-state index contributed by atoms with van der Waals surface area (Å²) in [5, 5.41) is 3.04. The lowest BCUT2D eigenvalue weighted by Crippen LogP contribution is -2.37. The zero-order valence-corrected chi connectivity index (χ0v) is 13.8. The van der Waals surface area contributed by atoms with E-state index in [1.54, 1.807) is 0 Å². The Hall–Kier alpha value is -1.39. The Kier molecular flexibility index (Phi) is 5.98. The molecule has 22 heavy (non-hydrogen) atoms. The summed E-state index contributed by atoms with van der Waals surface area (Å²) in [7, 11) is 0. The SMILES string of the molecule is CC(C)Cc1ccc(C(C)NC(=O)[C@@H]2CC[C@H](CN)O2)cc1. The van der Waals surface area contributed by atoms with Crippen LogP contribution in [-0.4, -0.2) is 24.7 Å². The summed E-state index contributed by atoms with van der Waals surface area (Å²) in [6, 6.07) is 8.48. The van der Waals surface area contributed by atoms with Crippen LogP contribution in [-0.2, 0) is 16.0 Å². The van der Waals surface area contributed by atoms with E-state index in [1.807, 2.05) is 6.92 Å². The number of rotatable bonds is 6. The third-order valence-corrected chi connectivity index (χ3v) is 4.15. The van der Waals surface area contributed by atoms with Crippen LogP contribution in [0, 0.1) is 5.92 Å². The molecule has 4 heteroatoms. The third-order valence-electron chi connectivity index (χ3n) is 4.15. The molecule has 0 radical (unpaired) electrons. The van der Waals surface area contributed by atoms with Crippen molar-refractivity contribution >= 4 is 5.91 Å². The van der Waals surface area contributed by atoms with Gasteiger partial charge in [0.15, 0.2) is 0 Å². The largest absolute Gasteiger partial charge is 0.364 e. The van der Waals surface area contributed by atoms with E-state index < -0.39 is 0 Å². The van der Waals surface area contributed by atoms with Crippen molar-refractivity contribution in [3.05, 3.63) is 35.4 Å². The molecule has 122 valence electrons. The summed E-state index contributed by atoms with van der Waals surface area (Å²) in [6.07, 6.45) is 2.38. The van der Waals surface area contributed by atoms with Crippen molar-refractivity contribution in [1.29, 1.82) is 0 Å². The van der Waals surface area contributed by atoms with Gasteiger partial charge < -0.3 is 15.8 Å². The van der Waals surface area contributed by atoms with E-state index in [9.17, 15) is 4.79 Å². The first-order chi connectivity index (χ1) is 10.5. The molecule has 0 spiro atoms. The second-order valence-corrected chi connectivity index (χ2v) is 6.63. The smallest absolute Gasteiger partial charge is 0.249 e. The molecule has 1 aromatic carbocycles. The van der Waals surface area contributed by atoms with Gasteiger partial charge >= 0.3 is 0 Å². The molecule has 0 bridgehead atoms. The average molecular weight is 304 g/mol. The Bertz CT molecular complexity index is 484. The number of nitrogens with two attached hydrogens (primary N) is 1. The lowest BCUT2D eigenvalue weighted by Gasteiger charge is -2.18. The Morgan fingerprint density at radius 2 is 1.95 bits per heavy atom. The van der Waals surface area contributed by atoms with Crippen LogP contribution in [0.4, 0.5) is 0 Å². The van der Waals surface area contributed by atoms with Gasteiger partial charge in [-0.1, -0.05) is 38.1 Å². The van der Waals surface area contributed by atoms with E-state index in [0.29, 0.717) is 12.5 Å². The standard InChI is InChI=1S/C18H28N2O2/c1-12(2)10-14-4-6-15(7-5-14)13(3)20-18(21)17-9-8-16(11-19)22-17/h4-7,12-13,16-17H,8-11,19H2,1-3H3,(H,20,21)/t13?,16-,17+/m1/s1. The molecule has 0 aromatic heterocycles. The highest BCUT2D eigenvalue weighted by Gasteiger charge is 2.30. The number of nitrogens with one attached hydrogen (secondary N) is 1. The molecule has 1 heterocycles. The Labute approximate surface area is 133 Å². The van der Waals surface area contributed by atoms with Crippen LogP contribution >= 0.6 is 0 Å². The molecular weight excluding hydrogens is 276 g/mol. The predicted octanol–water partition coefficient (Wildman–Crippen LogP) is 2.57. The molecule has 3 N–H and O–H groups in total. The van der Waals surface area contributed by atoms with Crippen molar-refractivity contribution < 1.29 is 9.53 Å². The van der Waals surface area contributed by atoms with Gasteiger partial charge in [-0.05, 0) is 43.2 Å². The normalized spacial score (nSPS) is 22.8. The molecular formula is C18H28N2O2. The number of hydrogen-bond acceptors (Lipinski definition) is 3. The van der Waals surface area contributed by atoms with Gasteiger partial charge in [0.2, 0.25) is 5.91 Å². The van der Waals surface area contributed by atoms with E-state index in [0.717, 1.165) is 24.8 Å². The van der Waals surface area contributed by atoms with Crippen molar-refractivity contribution in [1.82, 2.24) is 5.32 Å². The molecule has 1 aromatic rings. The van der Waals surface area contributed by atoms with Gasteiger partial charge in [-0.2, -0.15) is 0 Å². The van der Waals surface area contributed by atoms with Gasteiger partial charge in [-0.3, -0.25) is 4.79 Å². The van der Waals surface area contributed by atoms with Crippen LogP contribution in [0.3, 0.4) is 0 Å². The molecule has 3 atom stereocenters. The summed E-state index contributed by atoms with van der Waals surface area (Å²) >= 11 is 0. The second-order valence-electron chi connectivity index (χ2n) is 6.63. The van der Waals surface area contributed by atoms with Crippen LogP contribution in [0.1, 0.15) is 50.8 Å². The minimum atomic E-state index is -0.351. The molecule has 0 aliphatic carbocycles. The molecule has 2 rings (SSSR count). The second kappa shape index (κ2) is 7.75. The van der Waals surface area contributed by atoms with Crippen molar-refractivity contribution in [2.24, 2.45) is 11.7 Å². The van der Waals surface area contributed by atoms with E-state index in [4.69, 9.17) is 10.5 Å². The lowest BCUT2D eigenvalue weighted by atomic mass is 10.00. The van der Waals surface area contributed by atoms with Gasteiger partial charge in [-0.15, -0.1) is 0 Å². The van der Waals surface area contributed by atoms with Crippen molar-refractivity contribution in [2.45, 2.75) is 58.3 Å². The van der Waals surface area contributed by atoms with Gasteiger partial charge in [0.1, 0.15) is 6.10 Å². The minimum Gasteiger partial charge on any atom is -0.364 e. The number of carbonyl (C=O) groups excluding carboxylic acids is 1. The predicted molar refractivity (Wildman–Crippen MR) is 88.5 cm³/mol. The zero-order valence-electron chi connectivity index (χ0n) is 13.8. The highest BCUT2D eigenvalue weighted by atomic mass is 16.5. The van der Waals surface area contributed by atoms with Crippen molar-refractivity contribution in [3.8, 4) is 0 Å². The van der Waals surface area contributed by atoms with Gasteiger partial charge in [0.05, 0.1) is 12.1 Å². The number of benzene rings is 1. The van der Waals surface area contributed by atoms with Crippen molar-refractivity contribution in [2.75, 3.05) is 6.54 Å². The van der Waals surface area contributed by atoms with Gasteiger partial charge in [-0.25, -0.2) is 0 Å².